The fourth-order valence-electron chi connectivity index (χ4n) is 2.98. The topological polar surface area (TPSA) is 75.7 Å². The number of ether oxygens (including phenoxy) is 1. The van der Waals surface area contributed by atoms with Crippen molar-refractivity contribution < 1.29 is 17.9 Å². The summed E-state index contributed by atoms with van der Waals surface area (Å²) in [5.41, 5.74) is 2.70. The number of benzene rings is 2. The van der Waals surface area contributed by atoms with Gasteiger partial charge in [0.15, 0.2) is 0 Å². The third-order valence-corrected chi connectivity index (χ3v) is 5.82. The molecule has 1 amide bonds. The highest BCUT2D eigenvalue weighted by molar-refractivity contribution is 7.89. The van der Waals surface area contributed by atoms with Crippen LogP contribution < -0.4 is 9.46 Å². The summed E-state index contributed by atoms with van der Waals surface area (Å²) in [6.45, 7) is 1.13. The van der Waals surface area contributed by atoms with Crippen LogP contribution in [0.25, 0.3) is 0 Å². The molecule has 2 aromatic rings. The first kappa shape index (κ1) is 17.4. The van der Waals surface area contributed by atoms with E-state index in [1.165, 1.54) is 31.9 Å². The summed E-state index contributed by atoms with van der Waals surface area (Å²) in [5, 5.41) is 0. The number of nitrogens with one attached hydrogen (secondary N) is 1. The van der Waals surface area contributed by atoms with Crippen LogP contribution in [-0.2, 0) is 23.0 Å². The molecule has 0 fully saturated rings. The smallest absolute Gasteiger partial charge is 0.254 e. The molecule has 0 saturated heterocycles. The predicted octanol–water partition coefficient (Wildman–Crippen LogP) is 1.80. The van der Waals surface area contributed by atoms with Crippen LogP contribution >= 0.6 is 0 Å². The van der Waals surface area contributed by atoms with Crippen LogP contribution in [0.15, 0.2) is 47.4 Å². The minimum absolute atomic E-state index is 0.0410. The number of fused-ring (bicyclic) bond motifs is 1. The molecule has 0 spiro atoms. The van der Waals surface area contributed by atoms with Crippen molar-refractivity contribution in [3.8, 4) is 5.75 Å². The number of amides is 1. The van der Waals surface area contributed by atoms with Gasteiger partial charge in [0.05, 0.1) is 7.11 Å². The summed E-state index contributed by atoms with van der Waals surface area (Å²) in [6, 6.07) is 12.5. The molecule has 0 saturated carbocycles. The molecular formula is C18H20N2O4S. The van der Waals surface area contributed by atoms with Gasteiger partial charge in [-0.2, -0.15) is 0 Å². The van der Waals surface area contributed by atoms with Crippen molar-refractivity contribution in [1.29, 1.82) is 0 Å². The van der Waals surface area contributed by atoms with Crippen LogP contribution in [0.5, 0.6) is 5.75 Å². The van der Waals surface area contributed by atoms with Gasteiger partial charge >= 0.3 is 0 Å². The molecule has 6 nitrogen and oxygen atoms in total. The number of sulfonamides is 1. The van der Waals surface area contributed by atoms with Crippen LogP contribution in [0.1, 0.15) is 21.5 Å². The standard InChI is InChI=1S/C18H20N2O4S/c1-19-25(22,23)17-11-14(7-8-16(17)24-2)18(21)20-10-9-13-5-3-4-6-15(13)12-20/h3-8,11,19H,9-10,12H2,1-2H3. The van der Waals surface area contributed by atoms with E-state index in [1.54, 1.807) is 11.0 Å². The maximum absolute atomic E-state index is 12.8. The van der Waals surface area contributed by atoms with Gasteiger partial charge in [-0.3, -0.25) is 4.79 Å². The fraction of sp³-hybridized carbons (Fsp3) is 0.278. The summed E-state index contributed by atoms with van der Waals surface area (Å²) in [4.78, 5) is 14.5. The summed E-state index contributed by atoms with van der Waals surface area (Å²) in [6.07, 6.45) is 0.791. The van der Waals surface area contributed by atoms with E-state index in [0.29, 0.717) is 18.7 Å². The predicted molar refractivity (Wildman–Crippen MR) is 94.1 cm³/mol. The van der Waals surface area contributed by atoms with E-state index >= 15 is 0 Å². The Morgan fingerprint density at radius 3 is 2.56 bits per heavy atom. The Morgan fingerprint density at radius 2 is 1.88 bits per heavy atom. The Bertz CT molecular complexity index is 909. The normalized spacial score (nSPS) is 14.1. The Balaban J connectivity index is 1.92. The van der Waals surface area contributed by atoms with Gasteiger partial charge in [-0.1, -0.05) is 24.3 Å². The number of hydrogen-bond acceptors (Lipinski definition) is 4. The third-order valence-electron chi connectivity index (χ3n) is 4.39. The molecular weight excluding hydrogens is 340 g/mol. The summed E-state index contributed by atoms with van der Waals surface area (Å²) in [5.74, 6) is 0.0135. The number of carbonyl (C=O) groups excluding carboxylic acids is 1. The van der Waals surface area contributed by atoms with Crippen molar-refractivity contribution in [3.05, 3.63) is 59.2 Å². The Morgan fingerprint density at radius 1 is 1.16 bits per heavy atom. The third kappa shape index (κ3) is 3.38. The molecule has 0 radical (unpaired) electrons. The van der Waals surface area contributed by atoms with E-state index in [0.717, 1.165) is 12.0 Å². The zero-order valence-electron chi connectivity index (χ0n) is 14.2. The maximum Gasteiger partial charge on any atom is 0.254 e. The van der Waals surface area contributed by atoms with Crippen molar-refractivity contribution >= 4 is 15.9 Å². The molecule has 132 valence electrons. The Labute approximate surface area is 147 Å². The monoisotopic (exact) mass is 360 g/mol. The average molecular weight is 360 g/mol. The number of rotatable bonds is 4. The lowest BCUT2D eigenvalue weighted by molar-refractivity contribution is 0.0734. The van der Waals surface area contributed by atoms with E-state index < -0.39 is 10.0 Å². The molecule has 1 heterocycles. The largest absolute Gasteiger partial charge is 0.495 e. The van der Waals surface area contributed by atoms with Gasteiger partial charge in [0.1, 0.15) is 10.6 Å². The van der Waals surface area contributed by atoms with Gasteiger partial charge in [0.2, 0.25) is 10.0 Å². The van der Waals surface area contributed by atoms with Crippen molar-refractivity contribution in [2.45, 2.75) is 17.9 Å². The SMILES string of the molecule is CNS(=O)(=O)c1cc(C(=O)N2CCc3ccccc3C2)ccc1OC. The molecule has 0 bridgehead atoms. The van der Waals surface area contributed by atoms with E-state index in [4.69, 9.17) is 4.74 Å². The van der Waals surface area contributed by atoms with E-state index in [9.17, 15) is 13.2 Å². The minimum Gasteiger partial charge on any atom is -0.495 e. The molecule has 0 aliphatic carbocycles. The van der Waals surface area contributed by atoms with Gasteiger partial charge in [-0.25, -0.2) is 13.1 Å². The molecule has 2 aromatic carbocycles. The molecule has 0 unspecified atom stereocenters. The van der Waals surface area contributed by atoms with Crippen molar-refractivity contribution in [2.75, 3.05) is 20.7 Å². The fourth-order valence-corrected chi connectivity index (χ4v) is 3.90. The zero-order chi connectivity index (χ0) is 18.0. The van der Waals surface area contributed by atoms with Crippen LogP contribution in [0, 0.1) is 0 Å². The molecule has 1 aliphatic heterocycles. The molecule has 0 aromatic heterocycles. The molecule has 1 aliphatic rings. The van der Waals surface area contributed by atoms with E-state index in [2.05, 4.69) is 10.8 Å². The highest BCUT2D eigenvalue weighted by atomic mass is 32.2. The van der Waals surface area contributed by atoms with Gasteiger partial charge < -0.3 is 9.64 Å². The van der Waals surface area contributed by atoms with Crippen LogP contribution in [0.2, 0.25) is 0 Å². The van der Waals surface area contributed by atoms with Gasteiger partial charge in [0.25, 0.3) is 5.91 Å². The van der Waals surface area contributed by atoms with Gasteiger partial charge in [0, 0.05) is 18.7 Å². The van der Waals surface area contributed by atoms with Crippen LogP contribution in [0.3, 0.4) is 0 Å². The van der Waals surface area contributed by atoms with E-state index in [1.807, 2.05) is 18.2 Å². The second-order valence-corrected chi connectivity index (χ2v) is 7.67. The Kier molecular flexibility index (Phi) is 4.78. The van der Waals surface area contributed by atoms with Gasteiger partial charge in [-0.15, -0.1) is 0 Å². The number of nitrogens with zero attached hydrogens (tertiary/aromatic N) is 1. The van der Waals surface area contributed by atoms with Crippen molar-refractivity contribution in [2.24, 2.45) is 0 Å². The number of carbonyl (C=O) groups is 1. The highest BCUT2D eigenvalue weighted by Crippen LogP contribution is 2.26. The average Bonchev–Trinajstić information content (AvgIpc) is 2.66. The Hall–Kier alpha value is -2.38. The van der Waals surface area contributed by atoms with Gasteiger partial charge in [-0.05, 0) is 42.8 Å². The summed E-state index contributed by atoms with van der Waals surface area (Å²) in [7, 11) is -1.00. The number of hydrogen-bond donors (Lipinski definition) is 1. The number of methoxy groups -OCH3 is 1. The lowest BCUT2D eigenvalue weighted by Gasteiger charge is -2.29. The second-order valence-electron chi connectivity index (χ2n) is 5.82. The molecule has 0 atom stereocenters. The first-order valence-corrected chi connectivity index (χ1v) is 9.42. The quantitative estimate of drug-likeness (QED) is 0.902. The first-order chi connectivity index (χ1) is 12.0. The van der Waals surface area contributed by atoms with Crippen molar-refractivity contribution in [1.82, 2.24) is 9.62 Å². The first-order valence-electron chi connectivity index (χ1n) is 7.94. The van der Waals surface area contributed by atoms with E-state index in [-0.39, 0.29) is 16.6 Å². The van der Waals surface area contributed by atoms with Crippen molar-refractivity contribution in [3.63, 3.8) is 0 Å². The summed E-state index contributed by atoms with van der Waals surface area (Å²) >= 11 is 0. The molecule has 1 N–H and O–H groups in total. The molecule has 25 heavy (non-hydrogen) atoms. The van der Waals surface area contributed by atoms with Crippen LogP contribution in [0.4, 0.5) is 0 Å². The lowest BCUT2D eigenvalue weighted by Crippen LogP contribution is -2.36. The van der Waals surface area contributed by atoms with Crippen LogP contribution in [-0.4, -0.2) is 39.9 Å². The molecule has 7 heteroatoms. The highest BCUT2D eigenvalue weighted by Gasteiger charge is 2.25. The molecule has 3 rings (SSSR count). The second kappa shape index (κ2) is 6.85. The summed E-state index contributed by atoms with van der Waals surface area (Å²) < 4.78 is 31.7. The minimum atomic E-state index is -3.72. The zero-order valence-corrected chi connectivity index (χ0v) is 15.0. The maximum atomic E-state index is 12.8. The lowest BCUT2D eigenvalue weighted by atomic mass is 9.99.